The van der Waals surface area contributed by atoms with Crippen molar-refractivity contribution < 1.29 is 26.4 Å². The van der Waals surface area contributed by atoms with Gasteiger partial charge >= 0.3 is 6.18 Å². The molecule has 0 saturated carbocycles. The first-order valence-corrected chi connectivity index (χ1v) is 13.0. The Morgan fingerprint density at radius 1 is 0.900 bits per heavy atom. The van der Waals surface area contributed by atoms with Crippen molar-refractivity contribution >= 4 is 19.7 Å². The SMILES string of the molecule is Cc1cc(-c2cc(F)c(C(F)(F)F)cc2F)sc1CO[Si](C(C)C)(C(C)C)C(C)C. The average Bonchev–Trinajstić information content (AvgIpc) is 2.96. The number of benzene rings is 1. The van der Waals surface area contributed by atoms with Gasteiger partial charge in [0, 0.05) is 15.3 Å². The molecular weight excluding hydrogens is 435 g/mol. The Labute approximate surface area is 180 Å². The molecule has 0 unspecified atom stereocenters. The summed E-state index contributed by atoms with van der Waals surface area (Å²) in [5, 5.41) is 0. The predicted molar refractivity (Wildman–Crippen MR) is 115 cm³/mol. The number of alkyl halides is 3. The highest BCUT2D eigenvalue weighted by atomic mass is 32.1. The topological polar surface area (TPSA) is 9.23 Å². The van der Waals surface area contributed by atoms with E-state index >= 15 is 0 Å². The van der Waals surface area contributed by atoms with Gasteiger partial charge in [-0.05, 0) is 47.3 Å². The van der Waals surface area contributed by atoms with Crippen LogP contribution in [0.2, 0.25) is 16.6 Å². The van der Waals surface area contributed by atoms with Crippen molar-refractivity contribution in [2.75, 3.05) is 0 Å². The summed E-state index contributed by atoms with van der Waals surface area (Å²) < 4.78 is 73.4. The number of halogens is 5. The summed E-state index contributed by atoms with van der Waals surface area (Å²) >= 11 is 1.23. The molecule has 1 aromatic heterocycles. The van der Waals surface area contributed by atoms with Crippen molar-refractivity contribution in [3.63, 3.8) is 0 Å². The van der Waals surface area contributed by atoms with Crippen LogP contribution in [0.5, 0.6) is 0 Å². The van der Waals surface area contributed by atoms with E-state index in [2.05, 4.69) is 41.5 Å². The largest absolute Gasteiger partial charge is 0.419 e. The molecule has 30 heavy (non-hydrogen) atoms. The van der Waals surface area contributed by atoms with Gasteiger partial charge in [0.2, 0.25) is 8.32 Å². The van der Waals surface area contributed by atoms with E-state index in [1.807, 2.05) is 6.92 Å². The molecule has 0 amide bonds. The van der Waals surface area contributed by atoms with Crippen molar-refractivity contribution in [2.24, 2.45) is 0 Å². The van der Waals surface area contributed by atoms with Gasteiger partial charge in [-0.25, -0.2) is 8.78 Å². The zero-order valence-electron chi connectivity index (χ0n) is 18.4. The normalized spacial score (nSPS) is 13.2. The molecule has 0 aliphatic carbocycles. The number of hydrogen-bond donors (Lipinski definition) is 0. The molecule has 0 atom stereocenters. The monoisotopic (exact) mass is 464 g/mol. The lowest BCUT2D eigenvalue weighted by atomic mass is 10.1. The molecule has 0 spiro atoms. The number of rotatable bonds is 7. The molecule has 0 aliphatic heterocycles. The average molecular weight is 465 g/mol. The Balaban J connectivity index is 2.38. The molecule has 0 N–H and O–H groups in total. The molecule has 0 aliphatic rings. The molecule has 1 nitrogen and oxygen atoms in total. The number of hydrogen-bond acceptors (Lipinski definition) is 2. The van der Waals surface area contributed by atoms with Crippen molar-refractivity contribution in [1.29, 1.82) is 0 Å². The molecule has 0 saturated heterocycles. The molecule has 0 fully saturated rings. The standard InChI is InChI=1S/C22H29F5OSSi/c1-12(2)30(13(3)4,14(5)6)28-11-21-15(7)8-20(29-21)16-9-19(24)17(10-18(16)23)22(25,26)27/h8-10,12-14H,11H2,1-7H3. The van der Waals surface area contributed by atoms with Gasteiger partial charge in [-0.1, -0.05) is 41.5 Å². The maximum absolute atomic E-state index is 14.4. The zero-order chi connectivity index (χ0) is 23.0. The summed E-state index contributed by atoms with van der Waals surface area (Å²) in [6.45, 7) is 15.3. The Kier molecular flexibility index (Phi) is 7.57. The van der Waals surface area contributed by atoms with Gasteiger partial charge in [-0.2, -0.15) is 13.2 Å². The fourth-order valence-corrected chi connectivity index (χ4v) is 11.0. The second-order valence-electron chi connectivity index (χ2n) is 8.63. The van der Waals surface area contributed by atoms with E-state index in [1.54, 1.807) is 6.07 Å². The van der Waals surface area contributed by atoms with E-state index in [0.29, 0.717) is 34.2 Å². The third-order valence-electron chi connectivity index (χ3n) is 5.81. The van der Waals surface area contributed by atoms with Gasteiger partial charge in [0.25, 0.3) is 0 Å². The predicted octanol–water partition coefficient (Wildman–Crippen LogP) is 8.71. The number of aryl methyl sites for hydroxylation is 1. The highest BCUT2D eigenvalue weighted by Gasteiger charge is 2.45. The van der Waals surface area contributed by atoms with Gasteiger partial charge in [0.15, 0.2) is 0 Å². The molecule has 2 rings (SSSR count). The highest BCUT2D eigenvalue weighted by molar-refractivity contribution is 7.15. The summed E-state index contributed by atoms with van der Waals surface area (Å²) in [7, 11) is -2.10. The summed E-state index contributed by atoms with van der Waals surface area (Å²) in [4.78, 5) is 1.27. The summed E-state index contributed by atoms with van der Waals surface area (Å²) in [6, 6.07) is 2.53. The van der Waals surface area contributed by atoms with Crippen molar-refractivity contribution in [3.05, 3.63) is 45.8 Å². The lowest BCUT2D eigenvalue weighted by molar-refractivity contribution is -0.140. The third-order valence-corrected chi connectivity index (χ3v) is 13.1. The van der Waals surface area contributed by atoms with Crippen LogP contribution in [0, 0.1) is 18.6 Å². The van der Waals surface area contributed by atoms with Gasteiger partial charge in [0.1, 0.15) is 11.6 Å². The molecule has 1 aromatic carbocycles. The van der Waals surface area contributed by atoms with Crippen LogP contribution < -0.4 is 0 Å². The minimum Gasteiger partial charge on any atom is -0.411 e. The Hall–Kier alpha value is -1.25. The second kappa shape index (κ2) is 9.08. The van der Waals surface area contributed by atoms with Crippen LogP contribution in [0.3, 0.4) is 0 Å². The van der Waals surface area contributed by atoms with E-state index in [1.165, 1.54) is 11.3 Å². The van der Waals surface area contributed by atoms with Gasteiger partial charge in [0.05, 0.1) is 12.2 Å². The smallest absolute Gasteiger partial charge is 0.411 e. The maximum atomic E-state index is 14.4. The van der Waals surface area contributed by atoms with Crippen molar-refractivity contribution in [1.82, 2.24) is 0 Å². The minimum absolute atomic E-state index is 0.167. The van der Waals surface area contributed by atoms with E-state index in [-0.39, 0.29) is 11.6 Å². The highest BCUT2D eigenvalue weighted by Crippen LogP contribution is 2.44. The van der Waals surface area contributed by atoms with E-state index < -0.39 is 31.7 Å². The third kappa shape index (κ3) is 4.80. The maximum Gasteiger partial charge on any atom is 0.419 e. The molecule has 8 heteroatoms. The first kappa shape index (κ1) is 25.0. The lowest BCUT2D eigenvalue weighted by Gasteiger charge is -2.42. The van der Waals surface area contributed by atoms with Crippen LogP contribution in [0.15, 0.2) is 18.2 Å². The molecular formula is C22H29F5OSSi. The van der Waals surface area contributed by atoms with Crippen LogP contribution in [-0.4, -0.2) is 8.32 Å². The van der Waals surface area contributed by atoms with Crippen LogP contribution in [0.4, 0.5) is 22.0 Å². The Bertz CT molecular complexity index is 865. The fourth-order valence-electron chi connectivity index (χ4n) is 4.44. The van der Waals surface area contributed by atoms with Crippen LogP contribution in [-0.2, 0) is 17.2 Å². The van der Waals surface area contributed by atoms with Crippen LogP contribution in [0.25, 0.3) is 10.4 Å². The Morgan fingerprint density at radius 3 is 1.90 bits per heavy atom. The van der Waals surface area contributed by atoms with Crippen molar-refractivity contribution in [2.45, 2.75) is 77.9 Å². The molecule has 1 heterocycles. The Morgan fingerprint density at radius 2 is 1.43 bits per heavy atom. The van der Waals surface area contributed by atoms with Gasteiger partial charge in [-0.15, -0.1) is 11.3 Å². The second-order valence-corrected chi connectivity index (χ2v) is 15.2. The molecule has 2 aromatic rings. The fraction of sp³-hybridized carbons (Fsp3) is 0.545. The summed E-state index contributed by atoms with van der Waals surface area (Å²) in [6.07, 6.45) is -4.94. The summed E-state index contributed by atoms with van der Waals surface area (Å²) in [5.41, 5.74) is 0.298. The minimum atomic E-state index is -4.94. The quantitative estimate of drug-likeness (QED) is 0.294. The van der Waals surface area contributed by atoms with Crippen LogP contribution >= 0.6 is 11.3 Å². The van der Waals surface area contributed by atoms with Crippen LogP contribution in [0.1, 0.15) is 57.5 Å². The van der Waals surface area contributed by atoms with Gasteiger partial charge < -0.3 is 4.43 Å². The first-order chi connectivity index (χ1) is 13.7. The van der Waals surface area contributed by atoms with E-state index in [4.69, 9.17) is 4.43 Å². The van der Waals surface area contributed by atoms with Crippen molar-refractivity contribution in [3.8, 4) is 10.4 Å². The van der Waals surface area contributed by atoms with E-state index in [9.17, 15) is 22.0 Å². The first-order valence-electron chi connectivity index (χ1n) is 10.0. The molecule has 0 radical (unpaired) electrons. The molecule has 0 bridgehead atoms. The summed E-state index contributed by atoms with van der Waals surface area (Å²) in [5.74, 6) is -2.57. The molecule has 168 valence electrons. The number of thiophene rings is 1. The zero-order valence-corrected chi connectivity index (χ0v) is 20.2. The van der Waals surface area contributed by atoms with E-state index in [0.717, 1.165) is 10.4 Å². The van der Waals surface area contributed by atoms with Gasteiger partial charge in [-0.3, -0.25) is 0 Å². The lowest BCUT2D eigenvalue weighted by Crippen LogP contribution is -2.47.